The van der Waals surface area contributed by atoms with E-state index >= 15 is 0 Å². The summed E-state index contributed by atoms with van der Waals surface area (Å²) >= 11 is 0. The zero-order valence-corrected chi connectivity index (χ0v) is 14.0. The van der Waals surface area contributed by atoms with Crippen LogP contribution in [0, 0.1) is 18.3 Å². The average molecular weight is 338 g/mol. The van der Waals surface area contributed by atoms with Gasteiger partial charge in [-0.15, -0.1) is 0 Å². The first-order valence-electron chi connectivity index (χ1n) is 7.79. The number of nitrogens with one attached hydrogen (secondary N) is 1. The van der Waals surface area contributed by atoms with Gasteiger partial charge in [-0.05, 0) is 31.9 Å². The topological polar surface area (TPSA) is 134 Å². The monoisotopic (exact) mass is 338 g/mol. The summed E-state index contributed by atoms with van der Waals surface area (Å²) in [6.45, 7) is 2.50. The van der Waals surface area contributed by atoms with Crippen LogP contribution in [0.3, 0.4) is 0 Å². The number of aryl methyl sites for hydroxylation is 2. The molecule has 0 saturated heterocycles. The van der Waals surface area contributed by atoms with Crippen molar-refractivity contribution in [3.05, 3.63) is 35.4 Å². The Morgan fingerprint density at radius 3 is 3.00 bits per heavy atom. The van der Waals surface area contributed by atoms with Gasteiger partial charge in [0.2, 0.25) is 0 Å². The van der Waals surface area contributed by atoms with Crippen LogP contribution in [-0.2, 0) is 6.42 Å². The van der Waals surface area contributed by atoms with Gasteiger partial charge in [0.25, 0.3) is 5.89 Å². The highest BCUT2D eigenvalue weighted by atomic mass is 16.5. The van der Waals surface area contributed by atoms with Gasteiger partial charge in [-0.1, -0.05) is 5.16 Å². The van der Waals surface area contributed by atoms with E-state index in [2.05, 4.69) is 31.4 Å². The Bertz CT molecular complexity index is 907. The van der Waals surface area contributed by atoms with Crippen LogP contribution in [0.1, 0.15) is 23.5 Å². The molecule has 0 aromatic carbocycles. The number of aromatic amines is 1. The van der Waals surface area contributed by atoms with Crippen LogP contribution in [0.5, 0.6) is 0 Å². The molecule has 3 aromatic rings. The summed E-state index contributed by atoms with van der Waals surface area (Å²) in [5.41, 5.74) is 7.61. The first kappa shape index (κ1) is 16.4. The lowest BCUT2D eigenvalue weighted by molar-refractivity contribution is 0.425. The van der Waals surface area contributed by atoms with Gasteiger partial charge in [0.05, 0.1) is 11.3 Å². The number of hydrogen-bond donors (Lipinski definition) is 2. The van der Waals surface area contributed by atoms with Crippen LogP contribution >= 0.6 is 0 Å². The summed E-state index contributed by atoms with van der Waals surface area (Å²) in [5, 5.41) is 19.6. The van der Waals surface area contributed by atoms with Crippen LogP contribution < -0.4 is 10.6 Å². The third kappa shape index (κ3) is 3.42. The molecule has 0 bridgehead atoms. The Labute approximate surface area is 144 Å². The van der Waals surface area contributed by atoms with Gasteiger partial charge in [-0.25, -0.2) is 4.98 Å². The predicted octanol–water partition coefficient (Wildman–Crippen LogP) is 1.69. The van der Waals surface area contributed by atoms with E-state index < -0.39 is 0 Å². The largest absolute Gasteiger partial charge is 0.381 e. The number of nitrogen functional groups attached to an aromatic ring is 1. The van der Waals surface area contributed by atoms with E-state index in [9.17, 15) is 0 Å². The van der Waals surface area contributed by atoms with Crippen LogP contribution in [0.4, 0.5) is 11.6 Å². The summed E-state index contributed by atoms with van der Waals surface area (Å²) in [6.07, 6.45) is 3.19. The van der Waals surface area contributed by atoms with Crippen LogP contribution in [0.25, 0.3) is 11.5 Å². The molecule has 0 spiro atoms. The number of rotatable bonds is 6. The fourth-order valence-electron chi connectivity index (χ4n) is 2.57. The molecule has 0 atom stereocenters. The average Bonchev–Trinajstić information content (AvgIpc) is 3.20. The maximum Gasteiger partial charge on any atom is 0.261 e. The second kappa shape index (κ2) is 7.00. The molecule has 0 aliphatic heterocycles. The van der Waals surface area contributed by atoms with Crippen molar-refractivity contribution in [2.45, 2.75) is 19.8 Å². The Kier molecular flexibility index (Phi) is 4.61. The predicted molar refractivity (Wildman–Crippen MR) is 91.6 cm³/mol. The number of H-pyrrole nitrogens is 1. The quantitative estimate of drug-likeness (QED) is 0.693. The van der Waals surface area contributed by atoms with Crippen LogP contribution in [-0.4, -0.2) is 38.9 Å². The Morgan fingerprint density at radius 1 is 1.44 bits per heavy atom. The Morgan fingerprint density at radius 2 is 2.28 bits per heavy atom. The molecule has 3 aromatic heterocycles. The zero-order valence-electron chi connectivity index (χ0n) is 14.0. The fourth-order valence-corrected chi connectivity index (χ4v) is 2.57. The highest BCUT2D eigenvalue weighted by molar-refractivity contribution is 5.69. The summed E-state index contributed by atoms with van der Waals surface area (Å²) in [7, 11) is 1.95. The SMILES string of the molecule is Cc1noc(-c2cccnc2N(C)CCCc2[nH]nc(N)c2C#N)n1. The van der Waals surface area contributed by atoms with Gasteiger partial charge in [-0.3, -0.25) is 5.10 Å². The lowest BCUT2D eigenvalue weighted by Crippen LogP contribution is -2.21. The maximum absolute atomic E-state index is 9.11. The van der Waals surface area contributed by atoms with Gasteiger partial charge in [0.1, 0.15) is 17.5 Å². The van der Waals surface area contributed by atoms with Crippen molar-refractivity contribution in [1.29, 1.82) is 5.26 Å². The number of aromatic nitrogens is 5. The minimum Gasteiger partial charge on any atom is -0.381 e. The Balaban J connectivity index is 1.70. The van der Waals surface area contributed by atoms with Crippen LogP contribution in [0.2, 0.25) is 0 Å². The molecule has 0 aliphatic carbocycles. The summed E-state index contributed by atoms with van der Waals surface area (Å²) < 4.78 is 5.26. The first-order valence-corrected chi connectivity index (χ1v) is 7.79. The van der Waals surface area contributed by atoms with Crippen molar-refractivity contribution in [3.8, 4) is 17.5 Å². The molecule has 3 heterocycles. The highest BCUT2D eigenvalue weighted by Gasteiger charge is 2.16. The standard InChI is InChI=1S/C16H18N8O/c1-10-20-16(25-23-10)11-5-3-7-19-15(11)24(2)8-4-6-13-12(9-17)14(18)22-21-13/h3,5,7H,4,6,8H2,1-2H3,(H3,18,21,22). The summed E-state index contributed by atoms with van der Waals surface area (Å²) in [4.78, 5) is 10.7. The molecule has 25 heavy (non-hydrogen) atoms. The maximum atomic E-state index is 9.11. The van der Waals surface area contributed by atoms with E-state index in [-0.39, 0.29) is 5.82 Å². The van der Waals surface area contributed by atoms with Crippen molar-refractivity contribution >= 4 is 11.6 Å². The van der Waals surface area contributed by atoms with Crippen molar-refractivity contribution in [2.24, 2.45) is 0 Å². The van der Waals surface area contributed by atoms with E-state index in [0.717, 1.165) is 30.0 Å². The summed E-state index contributed by atoms with van der Waals surface area (Å²) in [6, 6.07) is 5.80. The Hall–Kier alpha value is -3.41. The molecule has 9 nitrogen and oxygen atoms in total. The smallest absolute Gasteiger partial charge is 0.261 e. The molecule has 0 saturated carbocycles. The molecule has 128 valence electrons. The third-order valence-corrected chi connectivity index (χ3v) is 3.81. The zero-order chi connectivity index (χ0) is 17.8. The number of hydrogen-bond acceptors (Lipinski definition) is 8. The van der Waals surface area contributed by atoms with Gasteiger partial charge >= 0.3 is 0 Å². The number of nitrogens with zero attached hydrogens (tertiary/aromatic N) is 6. The third-order valence-electron chi connectivity index (χ3n) is 3.81. The summed E-state index contributed by atoms with van der Waals surface area (Å²) in [5.74, 6) is 2.02. The van der Waals surface area contributed by atoms with Crippen LogP contribution in [0.15, 0.2) is 22.9 Å². The molecule has 0 fully saturated rings. The molecular formula is C16H18N8O. The molecule has 0 unspecified atom stereocenters. The second-order valence-corrected chi connectivity index (χ2v) is 5.62. The number of nitriles is 1. The van der Waals surface area contributed by atoms with Crippen molar-refractivity contribution < 1.29 is 4.52 Å². The molecule has 3 N–H and O–H groups in total. The number of anilines is 2. The molecular weight excluding hydrogens is 320 g/mol. The van der Waals surface area contributed by atoms with E-state index in [0.29, 0.717) is 23.7 Å². The van der Waals surface area contributed by atoms with Crippen molar-refractivity contribution in [3.63, 3.8) is 0 Å². The van der Waals surface area contributed by atoms with Crippen molar-refractivity contribution in [2.75, 3.05) is 24.2 Å². The molecule has 0 aliphatic rings. The number of nitrogens with two attached hydrogens (primary N) is 1. The van der Waals surface area contributed by atoms with Gasteiger partial charge in [0, 0.05) is 19.8 Å². The number of pyridine rings is 1. The minimum atomic E-state index is 0.240. The molecule has 0 radical (unpaired) electrons. The molecule has 0 amide bonds. The van der Waals surface area contributed by atoms with E-state index in [4.69, 9.17) is 15.5 Å². The second-order valence-electron chi connectivity index (χ2n) is 5.62. The lowest BCUT2D eigenvalue weighted by Gasteiger charge is -2.19. The van der Waals surface area contributed by atoms with E-state index in [1.165, 1.54) is 0 Å². The fraction of sp³-hybridized carbons (Fsp3) is 0.312. The first-order chi connectivity index (χ1) is 12.1. The molecule has 9 heteroatoms. The lowest BCUT2D eigenvalue weighted by atomic mass is 10.1. The van der Waals surface area contributed by atoms with E-state index in [1.54, 1.807) is 13.1 Å². The minimum absolute atomic E-state index is 0.240. The highest BCUT2D eigenvalue weighted by Crippen LogP contribution is 2.27. The van der Waals surface area contributed by atoms with E-state index in [1.807, 2.05) is 24.1 Å². The van der Waals surface area contributed by atoms with Crippen molar-refractivity contribution in [1.82, 2.24) is 25.3 Å². The van der Waals surface area contributed by atoms with Gasteiger partial charge < -0.3 is 15.2 Å². The van der Waals surface area contributed by atoms with Gasteiger partial charge in [0.15, 0.2) is 11.6 Å². The normalized spacial score (nSPS) is 10.6. The molecule has 3 rings (SSSR count). The van der Waals surface area contributed by atoms with Gasteiger partial charge in [-0.2, -0.15) is 15.3 Å².